The van der Waals surface area contributed by atoms with Gasteiger partial charge >= 0.3 is 0 Å². The van der Waals surface area contributed by atoms with Crippen LogP contribution < -0.4 is 5.73 Å². The third-order valence-corrected chi connectivity index (χ3v) is 5.00. The van der Waals surface area contributed by atoms with Crippen molar-refractivity contribution in [3.8, 4) is 0 Å². The molecule has 1 aromatic heterocycles. The van der Waals surface area contributed by atoms with Crippen LogP contribution in [-0.2, 0) is 12.5 Å². The Morgan fingerprint density at radius 1 is 1.29 bits per heavy atom. The summed E-state index contributed by atoms with van der Waals surface area (Å²) < 4.78 is 1.99. The van der Waals surface area contributed by atoms with Gasteiger partial charge in [0.2, 0.25) is 0 Å². The lowest BCUT2D eigenvalue weighted by molar-refractivity contribution is 0.0867. The number of rotatable bonds is 3. The van der Waals surface area contributed by atoms with Crippen molar-refractivity contribution in [1.82, 2.24) is 14.7 Å². The van der Waals surface area contributed by atoms with E-state index >= 15 is 0 Å². The van der Waals surface area contributed by atoms with Crippen LogP contribution in [0.5, 0.6) is 0 Å². The van der Waals surface area contributed by atoms with Gasteiger partial charge in [-0.05, 0) is 44.7 Å². The number of hydrogen-bond acceptors (Lipinski definition) is 3. The third-order valence-electron chi connectivity index (χ3n) is 5.00. The second kappa shape index (κ2) is 5.40. The van der Waals surface area contributed by atoms with Gasteiger partial charge in [-0.25, -0.2) is 0 Å². The SMILES string of the molecule is Cn1cc(C2C(CN)CCCN2C2CC2)c(C(C)(C)C)n1. The van der Waals surface area contributed by atoms with Gasteiger partial charge in [0.25, 0.3) is 0 Å². The van der Waals surface area contributed by atoms with Gasteiger partial charge in [-0.1, -0.05) is 20.8 Å². The van der Waals surface area contributed by atoms with Crippen molar-refractivity contribution in [2.45, 2.75) is 64.0 Å². The minimum atomic E-state index is 0.0857. The van der Waals surface area contributed by atoms with Crippen LogP contribution in [0, 0.1) is 5.92 Å². The second-order valence-electron chi connectivity index (χ2n) is 7.91. The number of hydrogen-bond donors (Lipinski definition) is 1. The van der Waals surface area contributed by atoms with E-state index in [1.165, 1.54) is 43.5 Å². The van der Waals surface area contributed by atoms with Gasteiger partial charge in [-0.3, -0.25) is 9.58 Å². The molecule has 1 aliphatic heterocycles. The molecule has 4 heteroatoms. The molecule has 2 atom stereocenters. The van der Waals surface area contributed by atoms with Gasteiger partial charge in [-0.2, -0.15) is 5.10 Å². The molecule has 1 saturated heterocycles. The Morgan fingerprint density at radius 2 is 2.00 bits per heavy atom. The minimum absolute atomic E-state index is 0.0857. The van der Waals surface area contributed by atoms with Crippen LogP contribution in [0.25, 0.3) is 0 Å². The molecule has 0 bridgehead atoms. The number of nitrogens with zero attached hydrogens (tertiary/aromatic N) is 3. The van der Waals surface area contributed by atoms with E-state index in [4.69, 9.17) is 10.8 Å². The van der Waals surface area contributed by atoms with E-state index in [-0.39, 0.29) is 5.41 Å². The zero-order valence-electron chi connectivity index (χ0n) is 14.0. The van der Waals surface area contributed by atoms with Gasteiger partial charge in [0.05, 0.1) is 5.69 Å². The number of likely N-dealkylation sites (tertiary alicyclic amines) is 1. The molecule has 1 aliphatic carbocycles. The van der Waals surface area contributed by atoms with Crippen molar-refractivity contribution in [2.75, 3.05) is 13.1 Å². The Kier molecular flexibility index (Phi) is 3.87. The highest BCUT2D eigenvalue weighted by molar-refractivity contribution is 5.29. The molecule has 2 N–H and O–H groups in total. The molecule has 4 nitrogen and oxygen atoms in total. The molecule has 0 aromatic carbocycles. The lowest BCUT2D eigenvalue weighted by atomic mass is 9.80. The summed E-state index contributed by atoms with van der Waals surface area (Å²) in [5.41, 5.74) is 8.89. The average Bonchev–Trinajstić information content (AvgIpc) is 3.19. The Balaban J connectivity index is 2.02. The fraction of sp³-hybridized carbons (Fsp3) is 0.824. The average molecular weight is 290 g/mol. The van der Waals surface area contributed by atoms with Crippen molar-refractivity contribution >= 4 is 0 Å². The molecule has 2 unspecified atom stereocenters. The maximum Gasteiger partial charge on any atom is 0.0725 e. The smallest absolute Gasteiger partial charge is 0.0725 e. The number of aryl methyl sites for hydroxylation is 1. The van der Waals surface area contributed by atoms with Gasteiger partial charge in [0.15, 0.2) is 0 Å². The Bertz CT molecular complexity index is 495. The van der Waals surface area contributed by atoms with Gasteiger partial charge in [0.1, 0.15) is 0 Å². The summed E-state index contributed by atoms with van der Waals surface area (Å²) in [4.78, 5) is 2.73. The first-order chi connectivity index (χ1) is 9.91. The summed E-state index contributed by atoms with van der Waals surface area (Å²) in [5, 5.41) is 4.79. The topological polar surface area (TPSA) is 47.1 Å². The molecule has 118 valence electrons. The zero-order valence-corrected chi connectivity index (χ0v) is 14.0. The standard InChI is InChI=1S/C17H30N4/c1-17(2,3)16-14(11-20(4)19-16)15-12(10-18)6-5-9-21(15)13-7-8-13/h11-13,15H,5-10,18H2,1-4H3. The van der Waals surface area contributed by atoms with Crippen LogP contribution in [0.2, 0.25) is 0 Å². The van der Waals surface area contributed by atoms with E-state index in [0.717, 1.165) is 12.6 Å². The molecule has 0 amide bonds. The highest BCUT2D eigenvalue weighted by atomic mass is 15.3. The molecule has 2 fully saturated rings. The maximum atomic E-state index is 6.13. The minimum Gasteiger partial charge on any atom is -0.330 e. The molecule has 3 rings (SSSR count). The summed E-state index contributed by atoms with van der Waals surface area (Å²) in [7, 11) is 2.04. The van der Waals surface area contributed by atoms with E-state index < -0.39 is 0 Å². The summed E-state index contributed by atoms with van der Waals surface area (Å²) in [6, 6.07) is 1.26. The number of nitrogens with two attached hydrogens (primary N) is 1. The normalized spacial score (nSPS) is 28.0. The van der Waals surface area contributed by atoms with Gasteiger partial charge < -0.3 is 5.73 Å². The monoisotopic (exact) mass is 290 g/mol. The van der Waals surface area contributed by atoms with E-state index in [1.807, 2.05) is 11.7 Å². The van der Waals surface area contributed by atoms with Crippen molar-refractivity contribution in [3.05, 3.63) is 17.5 Å². The lowest BCUT2D eigenvalue weighted by Gasteiger charge is -2.42. The predicted molar refractivity (Wildman–Crippen MR) is 86.2 cm³/mol. The quantitative estimate of drug-likeness (QED) is 0.931. The van der Waals surface area contributed by atoms with Crippen LogP contribution in [0.1, 0.15) is 63.8 Å². The Labute approximate surface area is 128 Å². The lowest BCUT2D eigenvalue weighted by Crippen LogP contribution is -2.43. The third kappa shape index (κ3) is 2.88. The molecule has 1 saturated carbocycles. The van der Waals surface area contributed by atoms with Crippen LogP contribution in [0.4, 0.5) is 0 Å². The van der Waals surface area contributed by atoms with E-state index in [0.29, 0.717) is 12.0 Å². The second-order valence-corrected chi connectivity index (χ2v) is 7.91. The maximum absolute atomic E-state index is 6.13. The zero-order chi connectivity index (χ0) is 15.2. The molecule has 2 heterocycles. The van der Waals surface area contributed by atoms with Crippen molar-refractivity contribution in [3.63, 3.8) is 0 Å². The van der Waals surface area contributed by atoms with Crippen LogP contribution in [0.3, 0.4) is 0 Å². The van der Waals surface area contributed by atoms with E-state index in [1.54, 1.807) is 0 Å². The molecule has 1 aromatic rings. The fourth-order valence-corrected chi connectivity index (χ4v) is 3.91. The van der Waals surface area contributed by atoms with Crippen molar-refractivity contribution < 1.29 is 0 Å². The summed E-state index contributed by atoms with van der Waals surface area (Å²) >= 11 is 0. The fourth-order valence-electron chi connectivity index (χ4n) is 3.91. The first kappa shape index (κ1) is 15.0. The first-order valence-corrected chi connectivity index (χ1v) is 8.41. The Hall–Kier alpha value is -0.870. The predicted octanol–water partition coefficient (Wildman–Crippen LogP) is 2.59. The number of aromatic nitrogens is 2. The highest BCUT2D eigenvalue weighted by Gasteiger charge is 2.42. The van der Waals surface area contributed by atoms with Crippen LogP contribution in [-0.4, -0.2) is 33.8 Å². The van der Waals surface area contributed by atoms with E-state index in [2.05, 4.69) is 31.9 Å². The van der Waals surface area contributed by atoms with E-state index in [9.17, 15) is 0 Å². The number of piperidine rings is 1. The molecule has 0 radical (unpaired) electrons. The summed E-state index contributed by atoms with van der Waals surface area (Å²) in [5.74, 6) is 0.574. The summed E-state index contributed by atoms with van der Waals surface area (Å²) in [6.07, 6.45) is 7.51. The summed E-state index contributed by atoms with van der Waals surface area (Å²) in [6.45, 7) is 8.80. The Morgan fingerprint density at radius 3 is 2.57 bits per heavy atom. The molecule has 0 spiro atoms. The van der Waals surface area contributed by atoms with Gasteiger partial charge in [-0.15, -0.1) is 0 Å². The highest BCUT2D eigenvalue weighted by Crippen LogP contribution is 2.44. The van der Waals surface area contributed by atoms with Crippen LogP contribution in [0.15, 0.2) is 6.20 Å². The van der Waals surface area contributed by atoms with Crippen molar-refractivity contribution in [1.29, 1.82) is 0 Å². The molecular formula is C17H30N4. The largest absolute Gasteiger partial charge is 0.330 e. The van der Waals surface area contributed by atoms with Gasteiger partial charge in [0, 0.05) is 36.3 Å². The molecular weight excluding hydrogens is 260 g/mol. The molecule has 21 heavy (non-hydrogen) atoms. The first-order valence-electron chi connectivity index (χ1n) is 8.41. The molecule has 2 aliphatic rings. The van der Waals surface area contributed by atoms with Crippen molar-refractivity contribution in [2.24, 2.45) is 18.7 Å². The van der Waals surface area contributed by atoms with Crippen LogP contribution >= 0.6 is 0 Å².